The molecule has 25 heavy (non-hydrogen) atoms. The number of sulfonamides is 1. The molecule has 8 heteroatoms. The molecule has 5 nitrogen and oxygen atoms in total. The third-order valence-electron chi connectivity index (χ3n) is 4.59. The molecule has 0 spiro atoms. The zero-order valence-electron chi connectivity index (χ0n) is 14.2. The van der Waals surface area contributed by atoms with E-state index in [0.717, 1.165) is 16.0 Å². The topological polar surface area (TPSA) is 71.5 Å². The molecule has 0 radical (unpaired) electrons. The van der Waals surface area contributed by atoms with Crippen LogP contribution in [-0.4, -0.2) is 38.7 Å². The van der Waals surface area contributed by atoms with Crippen LogP contribution in [0.15, 0.2) is 40.6 Å². The second-order valence-corrected chi connectivity index (χ2v) is 11.6. The van der Waals surface area contributed by atoms with Crippen molar-refractivity contribution in [1.82, 2.24) is 4.31 Å². The molecular weight excluding hydrogens is 378 g/mol. The Balaban J connectivity index is 2.01. The molecule has 0 amide bonds. The van der Waals surface area contributed by atoms with E-state index < -0.39 is 25.9 Å². The SMILES string of the molecule is Cc1ccc(S(=O)(=O)N(Cc2cccs2)C2CCS(=O)(=O)C2)cc1C. The molecule has 1 aliphatic heterocycles. The first-order valence-electron chi connectivity index (χ1n) is 8.01. The van der Waals surface area contributed by atoms with Gasteiger partial charge in [0, 0.05) is 17.5 Å². The number of aryl methyl sites for hydroxylation is 2. The summed E-state index contributed by atoms with van der Waals surface area (Å²) in [5.74, 6) is -0.0660. The minimum Gasteiger partial charge on any atom is -0.229 e. The van der Waals surface area contributed by atoms with E-state index in [1.54, 1.807) is 18.2 Å². The molecular formula is C17H21NO4S3. The average Bonchev–Trinajstić information content (AvgIpc) is 3.16. The van der Waals surface area contributed by atoms with E-state index in [4.69, 9.17) is 0 Å². The second-order valence-electron chi connectivity index (χ2n) is 6.43. The molecule has 1 aliphatic rings. The molecule has 136 valence electrons. The number of rotatable bonds is 5. The predicted molar refractivity (Wildman–Crippen MR) is 100 cm³/mol. The molecule has 0 N–H and O–H groups in total. The molecule has 1 aromatic carbocycles. The van der Waals surface area contributed by atoms with Crippen LogP contribution < -0.4 is 0 Å². The van der Waals surface area contributed by atoms with Gasteiger partial charge >= 0.3 is 0 Å². The minimum atomic E-state index is -3.77. The zero-order chi connectivity index (χ0) is 18.2. The van der Waals surface area contributed by atoms with Gasteiger partial charge in [0.1, 0.15) is 0 Å². The van der Waals surface area contributed by atoms with Gasteiger partial charge in [-0.2, -0.15) is 4.31 Å². The van der Waals surface area contributed by atoms with Gasteiger partial charge in [-0.05, 0) is 55.0 Å². The van der Waals surface area contributed by atoms with Gasteiger partial charge in [0.05, 0.1) is 16.4 Å². The van der Waals surface area contributed by atoms with Crippen molar-refractivity contribution in [1.29, 1.82) is 0 Å². The van der Waals surface area contributed by atoms with Crippen LogP contribution in [0, 0.1) is 13.8 Å². The third-order valence-corrected chi connectivity index (χ3v) is 9.10. The Morgan fingerprint density at radius 1 is 1.20 bits per heavy atom. The van der Waals surface area contributed by atoms with Crippen LogP contribution in [0.2, 0.25) is 0 Å². The van der Waals surface area contributed by atoms with Crippen molar-refractivity contribution in [2.45, 2.75) is 37.8 Å². The standard InChI is InChI=1S/C17H21NO4S3/c1-13-5-6-17(10-14(13)2)25(21,22)18(11-16-4-3-8-23-16)15-7-9-24(19,20)12-15/h3-6,8,10,15H,7,9,11-12H2,1-2H3. The van der Waals surface area contributed by atoms with Crippen molar-refractivity contribution < 1.29 is 16.8 Å². The summed E-state index contributed by atoms with van der Waals surface area (Å²) in [5, 5.41) is 1.89. The maximum atomic E-state index is 13.3. The summed E-state index contributed by atoms with van der Waals surface area (Å²) in [7, 11) is -6.95. The van der Waals surface area contributed by atoms with Crippen molar-refractivity contribution in [3.8, 4) is 0 Å². The first-order valence-corrected chi connectivity index (χ1v) is 12.1. The fourth-order valence-corrected chi connectivity index (χ4v) is 7.31. The van der Waals surface area contributed by atoms with Gasteiger partial charge in [-0.15, -0.1) is 11.3 Å². The van der Waals surface area contributed by atoms with Gasteiger partial charge < -0.3 is 0 Å². The van der Waals surface area contributed by atoms with Gasteiger partial charge in [-0.1, -0.05) is 12.1 Å². The van der Waals surface area contributed by atoms with Crippen LogP contribution in [0.4, 0.5) is 0 Å². The number of thiophene rings is 1. The molecule has 3 rings (SSSR count). The maximum absolute atomic E-state index is 13.3. The lowest BCUT2D eigenvalue weighted by Crippen LogP contribution is -2.40. The van der Waals surface area contributed by atoms with Crippen LogP contribution in [0.3, 0.4) is 0 Å². The van der Waals surface area contributed by atoms with Crippen molar-refractivity contribution in [3.63, 3.8) is 0 Å². The molecule has 2 aromatic rings. The van der Waals surface area contributed by atoms with Gasteiger partial charge in [0.2, 0.25) is 10.0 Å². The highest BCUT2D eigenvalue weighted by Crippen LogP contribution is 2.29. The van der Waals surface area contributed by atoms with Crippen LogP contribution >= 0.6 is 11.3 Å². The van der Waals surface area contributed by atoms with Crippen molar-refractivity contribution in [2.24, 2.45) is 0 Å². The lowest BCUT2D eigenvalue weighted by molar-refractivity contribution is 0.336. The van der Waals surface area contributed by atoms with Crippen molar-refractivity contribution in [3.05, 3.63) is 51.7 Å². The largest absolute Gasteiger partial charge is 0.243 e. The fraction of sp³-hybridized carbons (Fsp3) is 0.412. The third kappa shape index (κ3) is 3.97. The van der Waals surface area contributed by atoms with E-state index in [1.807, 2.05) is 31.4 Å². The molecule has 2 heterocycles. The van der Waals surface area contributed by atoms with Gasteiger partial charge in [0.25, 0.3) is 0 Å². The van der Waals surface area contributed by atoms with Gasteiger partial charge in [-0.3, -0.25) is 0 Å². The van der Waals surface area contributed by atoms with Gasteiger partial charge in [-0.25, -0.2) is 16.8 Å². The van der Waals surface area contributed by atoms with Gasteiger partial charge in [0.15, 0.2) is 9.84 Å². The smallest absolute Gasteiger partial charge is 0.229 e. The Morgan fingerprint density at radius 3 is 2.52 bits per heavy atom. The number of benzene rings is 1. The summed E-state index contributed by atoms with van der Waals surface area (Å²) in [6.07, 6.45) is 0.345. The van der Waals surface area contributed by atoms with E-state index >= 15 is 0 Å². The molecule has 0 saturated carbocycles. The fourth-order valence-electron chi connectivity index (χ4n) is 2.98. The summed E-state index contributed by atoms with van der Waals surface area (Å²) < 4.78 is 51.7. The second kappa shape index (κ2) is 6.83. The summed E-state index contributed by atoms with van der Waals surface area (Å²) >= 11 is 1.47. The normalized spacial score (nSPS) is 20.2. The number of sulfone groups is 1. The Bertz CT molecular complexity index is 963. The summed E-state index contributed by atoms with van der Waals surface area (Å²) in [5.41, 5.74) is 1.92. The first kappa shape index (κ1) is 18.6. The lowest BCUT2D eigenvalue weighted by Gasteiger charge is -2.27. The number of hydrogen-bond donors (Lipinski definition) is 0. The van der Waals surface area contributed by atoms with Crippen molar-refractivity contribution >= 4 is 31.2 Å². The van der Waals surface area contributed by atoms with Crippen LogP contribution in [-0.2, 0) is 26.4 Å². The molecule has 1 saturated heterocycles. The molecule has 0 bridgehead atoms. The molecule has 0 aliphatic carbocycles. The molecule has 1 aromatic heterocycles. The van der Waals surface area contributed by atoms with E-state index in [2.05, 4.69) is 0 Å². The van der Waals surface area contributed by atoms with Crippen LogP contribution in [0.25, 0.3) is 0 Å². The molecule has 1 unspecified atom stereocenters. The predicted octanol–water partition coefficient (Wildman–Crippen LogP) is 2.74. The van der Waals surface area contributed by atoms with E-state index in [-0.39, 0.29) is 22.9 Å². The highest BCUT2D eigenvalue weighted by atomic mass is 32.2. The van der Waals surface area contributed by atoms with E-state index in [9.17, 15) is 16.8 Å². The van der Waals surface area contributed by atoms with Crippen molar-refractivity contribution in [2.75, 3.05) is 11.5 Å². The quantitative estimate of drug-likeness (QED) is 0.775. The Kier molecular flexibility index (Phi) is 5.07. The van der Waals surface area contributed by atoms with E-state index in [1.165, 1.54) is 15.6 Å². The van der Waals surface area contributed by atoms with E-state index in [0.29, 0.717) is 6.42 Å². The summed E-state index contributed by atoms with van der Waals surface area (Å²) in [4.78, 5) is 1.12. The first-order chi connectivity index (χ1) is 11.7. The zero-order valence-corrected chi connectivity index (χ0v) is 16.6. The lowest BCUT2D eigenvalue weighted by atomic mass is 10.1. The number of nitrogens with zero attached hydrogens (tertiary/aromatic N) is 1. The number of hydrogen-bond acceptors (Lipinski definition) is 5. The highest BCUT2D eigenvalue weighted by Gasteiger charge is 2.39. The van der Waals surface area contributed by atoms with Crippen LogP contribution in [0.5, 0.6) is 0 Å². The monoisotopic (exact) mass is 399 g/mol. The highest BCUT2D eigenvalue weighted by molar-refractivity contribution is 7.92. The minimum absolute atomic E-state index is 0.0427. The van der Waals surface area contributed by atoms with Crippen LogP contribution in [0.1, 0.15) is 22.4 Å². The average molecular weight is 400 g/mol. The molecule has 1 atom stereocenters. The summed E-state index contributed by atoms with van der Waals surface area (Å²) in [6, 6.07) is 8.27. The maximum Gasteiger partial charge on any atom is 0.243 e. The summed E-state index contributed by atoms with van der Waals surface area (Å²) in [6.45, 7) is 4.00. The molecule has 1 fully saturated rings. The Labute approximate surface area is 153 Å². The Hall–Kier alpha value is -1.22. The Morgan fingerprint density at radius 2 is 1.96 bits per heavy atom.